The van der Waals surface area contributed by atoms with Gasteiger partial charge < -0.3 is 5.32 Å². The van der Waals surface area contributed by atoms with E-state index in [0.717, 1.165) is 23.1 Å². The lowest BCUT2D eigenvalue weighted by atomic mass is 9.83. The lowest BCUT2D eigenvalue weighted by Crippen LogP contribution is -2.45. The van der Waals surface area contributed by atoms with Crippen molar-refractivity contribution in [2.75, 3.05) is 20.1 Å². The highest BCUT2D eigenvalue weighted by molar-refractivity contribution is 6.33. The average molecular weight is 315 g/mol. The Kier molecular flexibility index (Phi) is 5.74. The van der Waals surface area contributed by atoms with Gasteiger partial charge in [-0.1, -0.05) is 23.2 Å². The van der Waals surface area contributed by atoms with Crippen molar-refractivity contribution in [1.82, 2.24) is 10.2 Å². The van der Waals surface area contributed by atoms with Crippen molar-refractivity contribution >= 4 is 23.2 Å². The summed E-state index contributed by atoms with van der Waals surface area (Å²) in [5.74, 6) is 0.576. The summed E-state index contributed by atoms with van der Waals surface area (Å²) in [7, 11) is 2.02. The molecule has 1 aromatic carbocycles. The van der Waals surface area contributed by atoms with Crippen LogP contribution in [0.15, 0.2) is 18.2 Å². The van der Waals surface area contributed by atoms with Crippen LogP contribution in [0.3, 0.4) is 0 Å². The van der Waals surface area contributed by atoms with Crippen molar-refractivity contribution in [3.05, 3.63) is 33.8 Å². The molecule has 112 valence electrons. The van der Waals surface area contributed by atoms with E-state index in [1.807, 2.05) is 25.2 Å². The van der Waals surface area contributed by atoms with Gasteiger partial charge in [0.05, 0.1) is 0 Å². The summed E-state index contributed by atoms with van der Waals surface area (Å²) in [6.45, 7) is 6.66. The van der Waals surface area contributed by atoms with Gasteiger partial charge in [0.25, 0.3) is 0 Å². The van der Waals surface area contributed by atoms with Gasteiger partial charge in [0.1, 0.15) is 0 Å². The van der Waals surface area contributed by atoms with Gasteiger partial charge in [-0.15, -0.1) is 0 Å². The number of benzene rings is 1. The smallest absolute Gasteiger partial charge is 0.0455 e. The van der Waals surface area contributed by atoms with E-state index in [0.29, 0.717) is 18.0 Å². The van der Waals surface area contributed by atoms with Gasteiger partial charge in [-0.05, 0) is 76.5 Å². The molecular formula is C16H24Cl2N2. The Morgan fingerprint density at radius 1 is 1.35 bits per heavy atom. The van der Waals surface area contributed by atoms with E-state index >= 15 is 0 Å². The number of rotatable bonds is 4. The molecule has 1 N–H and O–H groups in total. The molecule has 0 bridgehead atoms. The second kappa shape index (κ2) is 7.13. The molecule has 0 aromatic heterocycles. The summed E-state index contributed by atoms with van der Waals surface area (Å²) in [6, 6.07) is 6.68. The second-order valence-electron chi connectivity index (χ2n) is 5.90. The van der Waals surface area contributed by atoms with Gasteiger partial charge in [-0.3, -0.25) is 4.90 Å². The zero-order chi connectivity index (χ0) is 14.7. The normalized spacial score (nSPS) is 24.3. The summed E-state index contributed by atoms with van der Waals surface area (Å²) >= 11 is 12.7. The Bertz CT molecular complexity index is 446. The summed E-state index contributed by atoms with van der Waals surface area (Å²) in [5.41, 5.74) is 1.17. The minimum Gasteiger partial charge on any atom is -0.319 e. The van der Waals surface area contributed by atoms with Crippen LogP contribution in [-0.4, -0.2) is 31.1 Å². The van der Waals surface area contributed by atoms with Gasteiger partial charge >= 0.3 is 0 Å². The number of hydrogen-bond donors (Lipinski definition) is 1. The van der Waals surface area contributed by atoms with Crippen LogP contribution in [0.2, 0.25) is 10.0 Å². The van der Waals surface area contributed by atoms with Crippen LogP contribution in [0.5, 0.6) is 0 Å². The van der Waals surface area contributed by atoms with E-state index in [4.69, 9.17) is 23.2 Å². The number of halogens is 2. The topological polar surface area (TPSA) is 15.3 Å². The molecule has 1 aliphatic rings. The van der Waals surface area contributed by atoms with E-state index < -0.39 is 0 Å². The van der Waals surface area contributed by atoms with Crippen molar-refractivity contribution in [3.63, 3.8) is 0 Å². The van der Waals surface area contributed by atoms with Gasteiger partial charge in [0.15, 0.2) is 0 Å². The van der Waals surface area contributed by atoms with Crippen LogP contribution in [-0.2, 0) is 0 Å². The number of nitrogens with zero attached hydrogens (tertiary/aromatic N) is 1. The first-order chi connectivity index (χ1) is 9.54. The number of nitrogens with one attached hydrogen (secondary N) is 1. The van der Waals surface area contributed by atoms with Crippen molar-refractivity contribution in [3.8, 4) is 0 Å². The molecule has 2 atom stereocenters. The zero-order valence-corrected chi connectivity index (χ0v) is 14.0. The highest BCUT2D eigenvalue weighted by Gasteiger charge is 2.34. The van der Waals surface area contributed by atoms with E-state index in [1.165, 1.54) is 18.4 Å². The Hall–Kier alpha value is -0.280. The molecule has 1 heterocycles. The van der Waals surface area contributed by atoms with Crippen LogP contribution >= 0.6 is 23.2 Å². The maximum absolute atomic E-state index is 6.46. The minimum absolute atomic E-state index is 0.349. The molecule has 1 saturated heterocycles. The molecular weight excluding hydrogens is 291 g/mol. The highest BCUT2D eigenvalue weighted by Crippen LogP contribution is 2.40. The number of hydrogen-bond acceptors (Lipinski definition) is 2. The van der Waals surface area contributed by atoms with Crippen LogP contribution in [0.25, 0.3) is 0 Å². The Morgan fingerprint density at radius 2 is 2.10 bits per heavy atom. The van der Waals surface area contributed by atoms with Gasteiger partial charge in [0, 0.05) is 22.1 Å². The fourth-order valence-electron chi connectivity index (χ4n) is 3.33. The molecule has 0 saturated carbocycles. The first-order valence-corrected chi connectivity index (χ1v) is 8.15. The maximum Gasteiger partial charge on any atom is 0.0455 e. The Morgan fingerprint density at radius 3 is 2.75 bits per heavy atom. The molecule has 1 aromatic rings. The molecule has 20 heavy (non-hydrogen) atoms. The predicted octanol–water partition coefficient (Wildman–Crippen LogP) is 4.37. The van der Waals surface area contributed by atoms with E-state index in [1.54, 1.807) is 0 Å². The molecule has 0 amide bonds. The maximum atomic E-state index is 6.46. The first kappa shape index (κ1) is 16.1. The first-order valence-electron chi connectivity index (χ1n) is 7.40. The van der Waals surface area contributed by atoms with E-state index in [9.17, 15) is 0 Å². The van der Waals surface area contributed by atoms with Crippen molar-refractivity contribution in [2.45, 2.75) is 38.8 Å². The number of piperidine rings is 1. The second-order valence-corrected chi connectivity index (χ2v) is 6.75. The fraction of sp³-hybridized carbons (Fsp3) is 0.625. The lowest BCUT2D eigenvalue weighted by molar-refractivity contribution is 0.0637. The van der Waals surface area contributed by atoms with Gasteiger partial charge in [0.2, 0.25) is 0 Å². The zero-order valence-electron chi connectivity index (χ0n) is 12.5. The molecule has 2 rings (SSSR count). The standard InChI is InChI=1S/C16H24Cl2N2/c1-11(2)20-8-4-5-12(10-19-3)16(20)14-9-13(17)6-7-15(14)18/h6-7,9,11-12,16,19H,4-5,8,10H2,1-3H3. The Labute approximate surface area is 132 Å². The highest BCUT2D eigenvalue weighted by atomic mass is 35.5. The van der Waals surface area contributed by atoms with Gasteiger partial charge in [-0.25, -0.2) is 0 Å². The summed E-state index contributed by atoms with van der Waals surface area (Å²) < 4.78 is 0. The van der Waals surface area contributed by atoms with Gasteiger partial charge in [-0.2, -0.15) is 0 Å². The number of likely N-dealkylation sites (tertiary alicyclic amines) is 1. The van der Waals surface area contributed by atoms with Crippen molar-refractivity contribution in [1.29, 1.82) is 0 Å². The molecule has 2 unspecified atom stereocenters. The fourth-order valence-corrected chi connectivity index (χ4v) is 3.74. The third-order valence-electron chi connectivity index (χ3n) is 4.20. The quantitative estimate of drug-likeness (QED) is 0.887. The SMILES string of the molecule is CNCC1CCCN(C(C)C)C1c1cc(Cl)ccc1Cl. The summed E-state index contributed by atoms with van der Waals surface area (Å²) in [4.78, 5) is 2.56. The van der Waals surface area contributed by atoms with Crippen LogP contribution < -0.4 is 5.32 Å². The predicted molar refractivity (Wildman–Crippen MR) is 87.7 cm³/mol. The summed E-state index contributed by atoms with van der Waals surface area (Å²) in [5, 5.41) is 4.92. The molecule has 4 heteroatoms. The van der Waals surface area contributed by atoms with Crippen LogP contribution in [0.1, 0.15) is 38.3 Å². The molecule has 1 aliphatic heterocycles. The summed E-state index contributed by atoms with van der Waals surface area (Å²) in [6.07, 6.45) is 2.48. The Balaban J connectivity index is 2.40. The molecule has 0 aliphatic carbocycles. The molecule has 1 fully saturated rings. The molecule has 2 nitrogen and oxygen atoms in total. The van der Waals surface area contributed by atoms with Crippen molar-refractivity contribution < 1.29 is 0 Å². The van der Waals surface area contributed by atoms with E-state index in [-0.39, 0.29) is 0 Å². The third-order valence-corrected chi connectivity index (χ3v) is 4.78. The molecule has 0 radical (unpaired) electrons. The monoisotopic (exact) mass is 314 g/mol. The lowest BCUT2D eigenvalue weighted by Gasteiger charge is -2.44. The minimum atomic E-state index is 0.349. The largest absolute Gasteiger partial charge is 0.319 e. The van der Waals surface area contributed by atoms with Crippen molar-refractivity contribution in [2.24, 2.45) is 5.92 Å². The van der Waals surface area contributed by atoms with E-state index in [2.05, 4.69) is 24.1 Å². The average Bonchev–Trinajstić information content (AvgIpc) is 2.42. The van der Waals surface area contributed by atoms with Crippen LogP contribution in [0.4, 0.5) is 0 Å². The molecule has 0 spiro atoms. The van der Waals surface area contributed by atoms with Crippen LogP contribution in [0, 0.1) is 5.92 Å². The third kappa shape index (κ3) is 3.48.